The summed E-state index contributed by atoms with van der Waals surface area (Å²) in [5, 5.41) is 0. The van der Waals surface area contributed by atoms with Gasteiger partial charge in [0.05, 0.1) is 6.04 Å². The van der Waals surface area contributed by atoms with Crippen LogP contribution in [0.5, 0.6) is 5.75 Å². The van der Waals surface area contributed by atoms with Crippen LogP contribution in [0.25, 0.3) is 0 Å². The third-order valence-corrected chi connectivity index (χ3v) is 10.1. The highest BCUT2D eigenvalue weighted by Crippen LogP contribution is 2.36. The van der Waals surface area contributed by atoms with E-state index in [0.717, 1.165) is 64.5 Å². The third-order valence-electron chi connectivity index (χ3n) is 10.1. The number of carbonyl (C=O) groups excluding carboxylic acids is 2. The second-order valence-electron chi connectivity index (χ2n) is 14.3. The van der Waals surface area contributed by atoms with Crippen molar-refractivity contribution in [2.24, 2.45) is 11.3 Å². The van der Waals surface area contributed by atoms with Crippen LogP contribution in [0.3, 0.4) is 0 Å². The van der Waals surface area contributed by atoms with Gasteiger partial charge in [0.15, 0.2) is 0 Å². The standard InChI is InChI=1S/C37H54N4O3/c1-29(42)39-21-17-30(18-22-39)27-35(43)41-24-23-40(28-34(41)37(2,3)4)36(31-11-7-5-8-12-31)32-13-15-33(16-14-32)44-26-25-38-19-9-6-10-20-38/h5,7-8,11-16,30,34,36H,6,9-10,17-28H2,1-4H3. The highest BCUT2D eigenvalue weighted by Gasteiger charge is 2.40. The largest absolute Gasteiger partial charge is 0.492 e. The van der Waals surface area contributed by atoms with Crippen LogP contribution >= 0.6 is 0 Å². The molecule has 2 aromatic carbocycles. The van der Waals surface area contributed by atoms with E-state index in [-0.39, 0.29) is 29.3 Å². The van der Waals surface area contributed by atoms with E-state index in [1.54, 1.807) is 6.92 Å². The minimum absolute atomic E-state index is 0.0559. The highest BCUT2D eigenvalue weighted by molar-refractivity contribution is 5.77. The first-order chi connectivity index (χ1) is 21.2. The zero-order valence-electron chi connectivity index (χ0n) is 27.5. The molecule has 2 aromatic rings. The predicted octanol–water partition coefficient (Wildman–Crippen LogP) is 5.85. The molecule has 5 rings (SSSR count). The topological polar surface area (TPSA) is 56.3 Å². The molecule has 2 unspecified atom stereocenters. The summed E-state index contributed by atoms with van der Waals surface area (Å²) in [6.45, 7) is 16.4. The van der Waals surface area contributed by atoms with Gasteiger partial charge in [-0.3, -0.25) is 19.4 Å². The van der Waals surface area contributed by atoms with Gasteiger partial charge in [-0.1, -0.05) is 69.7 Å². The van der Waals surface area contributed by atoms with Crippen LogP contribution in [-0.2, 0) is 9.59 Å². The molecule has 2 amide bonds. The van der Waals surface area contributed by atoms with Crippen molar-refractivity contribution in [3.8, 4) is 5.75 Å². The Hall–Kier alpha value is -2.90. The third kappa shape index (κ3) is 8.42. The molecule has 7 nitrogen and oxygen atoms in total. The quantitative estimate of drug-likeness (QED) is 0.361. The average molecular weight is 603 g/mol. The van der Waals surface area contributed by atoms with E-state index in [4.69, 9.17) is 4.74 Å². The molecular formula is C37H54N4O3. The van der Waals surface area contributed by atoms with E-state index in [1.165, 1.54) is 43.5 Å². The summed E-state index contributed by atoms with van der Waals surface area (Å²) < 4.78 is 6.16. The van der Waals surface area contributed by atoms with Crippen LogP contribution in [-0.4, -0.2) is 96.4 Å². The van der Waals surface area contributed by atoms with Gasteiger partial charge in [0.1, 0.15) is 12.4 Å². The first-order valence-electron chi connectivity index (χ1n) is 17.0. The predicted molar refractivity (Wildman–Crippen MR) is 177 cm³/mol. The number of nitrogens with zero attached hydrogens (tertiary/aromatic N) is 4. The number of carbonyl (C=O) groups is 2. The van der Waals surface area contributed by atoms with Gasteiger partial charge in [0, 0.05) is 58.7 Å². The summed E-state index contributed by atoms with van der Waals surface area (Å²) in [6.07, 6.45) is 6.37. The molecule has 7 heteroatoms. The first-order valence-corrected chi connectivity index (χ1v) is 17.0. The van der Waals surface area contributed by atoms with Crippen molar-refractivity contribution >= 4 is 11.8 Å². The maximum atomic E-state index is 13.8. The van der Waals surface area contributed by atoms with Crippen LogP contribution in [0, 0.1) is 11.3 Å². The molecule has 0 aromatic heterocycles. The summed E-state index contributed by atoms with van der Waals surface area (Å²) in [5.41, 5.74) is 2.47. The molecule has 240 valence electrons. The minimum Gasteiger partial charge on any atom is -0.492 e. The van der Waals surface area contributed by atoms with Crippen molar-refractivity contribution in [2.45, 2.75) is 78.3 Å². The molecule has 0 saturated carbocycles. The lowest BCUT2D eigenvalue weighted by Crippen LogP contribution is -2.60. The van der Waals surface area contributed by atoms with E-state index in [1.807, 2.05) is 4.90 Å². The van der Waals surface area contributed by atoms with Gasteiger partial charge >= 0.3 is 0 Å². The Morgan fingerprint density at radius 1 is 0.841 bits per heavy atom. The Morgan fingerprint density at radius 3 is 2.14 bits per heavy atom. The fourth-order valence-corrected chi connectivity index (χ4v) is 7.37. The Bertz CT molecular complexity index is 1200. The summed E-state index contributed by atoms with van der Waals surface area (Å²) >= 11 is 0. The lowest BCUT2D eigenvalue weighted by atomic mass is 9.82. The van der Waals surface area contributed by atoms with Gasteiger partial charge in [-0.05, 0) is 73.4 Å². The second-order valence-corrected chi connectivity index (χ2v) is 14.3. The molecule has 3 aliphatic rings. The lowest BCUT2D eigenvalue weighted by Gasteiger charge is -2.50. The number of benzene rings is 2. The Balaban J connectivity index is 1.26. The number of likely N-dealkylation sites (tertiary alicyclic amines) is 2. The molecule has 0 radical (unpaired) electrons. The molecule has 3 fully saturated rings. The number of hydrogen-bond donors (Lipinski definition) is 0. The maximum Gasteiger partial charge on any atom is 0.223 e. The molecule has 3 heterocycles. The van der Waals surface area contributed by atoms with Crippen molar-refractivity contribution in [2.75, 3.05) is 59.0 Å². The van der Waals surface area contributed by atoms with Crippen molar-refractivity contribution in [1.29, 1.82) is 0 Å². The van der Waals surface area contributed by atoms with Gasteiger partial charge in [0.25, 0.3) is 0 Å². The van der Waals surface area contributed by atoms with E-state index in [9.17, 15) is 9.59 Å². The van der Waals surface area contributed by atoms with Crippen LogP contribution in [0.1, 0.15) is 83.4 Å². The molecule has 0 aliphatic carbocycles. The monoisotopic (exact) mass is 602 g/mol. The maximum absolute atomic E-state index is 13.8. The number of piperazine rings is 1. The molecule has 3 aliphatic heterocycles. The number of ether oxygens (including phenoxy) is 1. The Kier molecular flexibility index (Phi) is 11.0. The van der Waals surface area contributed by atoms with E-state index in [0.29, 0.717) is 12.3 Å². The number of amides is 2. The van der Waals surface area contributed by atoms with Gasteiger partial charge in [-0.25, -0.2) is 0 Å². The van der Waals surface area contributed by atoms with Gasteiger partial charge in [-0.2, -0.15) is 0 Å². The Morgan fingerprint density at radius 2 is 1.50 bits per heavy atom. The average Bonchev–Trinajstić information content (AvgIpc) is 3.03. The van der Waals surface area contributed by atoms with Crippen molar-refractivity contribution in [1.82, 2.24) is 19.6 Å². The lowest BCUT2D eigenvalue weighted by molar-refractivity contribution is -0.141. The number of hydrogen-bond acceptors (Lipinski definition) is 5. The van der Waals surface area contributed by atoms with Gasteiger partial charge < -0.3 is 14.5 Å². The first kappa shape index (κ1) is 32.5. The van der Waals surface area contributed by atoms with E-state index in [2.05, 4.69) is 90.1 Å². The van der Waals surface area contributed by atoms with Crippen molar-refractivity contribution in [3.05, 3.63) is 65.7 Å². The zero-order valence-corrected chi connectivity index (χ0v) is 27.5. The van der Waals surface area contributed by atoms with E-state index >= 15 is 0 Å². The summed E-state index contributed by atoms with van der Waals surface area (Å²) in [6, 6.07) is 19.7. The van der Waals surface area contributed by atoms with E-state index < -0.39 is 0 Å². The number of rotatable bonds is 9. The molecule has 0 spiro atoms. The van der Waals surface area contributed by atoms with Gasteiger partial charge in [0.2, 0.25) is 11.8 Å². The molecule has 0 N–H and O–H groups in total. The van der Waals surface area contributed by atoms with Crippen LogP contribution < -0.4 is 4.74 Å². The summed E-state index contributed by atoms with van der Waals surface area (Å²) in [5.74, 6) is 1.69. The molecule has 3 saturated heterocycles. The zero-order chi connectivity index (χ0) is 31.1. The second kappa shape index (κ2) is 14.9. The number of piperidine rings is 2. The van der Waals surface area contributed by atoms with Crippen LogP contribution in [0.15, 0.2) is 54.6 Å². The fraction of sp³-hybridized carbons (Fsp3) is 0.622. The minimum atomic E-state index is -0.0559. The highest BCUT2D eigenvalue weighted by atomic mass is 16.5. The summed E-state index contributed by atoms with van der Waals surface area (Å²) in [7, 11) is 0. The molecule has 0 bridgehead atoms. The van der Waals surface area contributed by atoms with Crippen LogP contribution in [0.2, 0.25) is 0 Å². The molecule has 2 atom stereocenters. The molecular weight excluding hydrogens is 548 g/mol. The Labute approximate surface area is 265 Å². The van der Waals surface area contributed by atoms with Gasteiger partial charge in [-0.15, -0.1) is 0 Å². The normalized spacial score (nSPS) is 21.7. The van der Waals surface area contributed by atoms with Crippen molar-refractivity contribution < 1.29 is 14.3 Å². The molecule has 44 heavy (non-hydrogen) atoms. The van der Waals surface area contributed by atoms with Crippen molar-refractivity contribution in [3.63, 3.8) is 0 Å². The fourth-order valence-electron chi connectivity index (χ4n) is 7.37. The van der Waals surface area contributed by atoms with Crippen LogP contribution in [0.4, 0.5) is 0 Å². The smallest absolute Gasteiger partial charge is 0.223 e. The summed E-state index contributed by atoms with van der Waals surface area (Å²) in [4.78, 5) is 34.7. The SMILES string of the molecule is CC(=O)N1CCC(CC(=O)N2CCN(C(c3ccccc3)c3ccc(OCCN4CCCCC4)cc3)CC2C(C)(C)C)CC1.